The van der Waals surface area contributed by atoms with Crippen LogP contribution >= 0.6 is 0 Å². The molecule has 5 fully saturated rings. The number of carbonyl (C=O) groups excluding carboxylic acids is 1. The first kappa shape index (κ1) is 25.8. The molecule has 0 amide bonds. The quantitative estimate of drug-likeness (QED) is 0.363. The highest BCUT2D eigenvalue weighted by Crippen LogP contribution is 2.77. The number of carbonyl (C=O) groups is 1. The summed E-state index contributed by atoms with van der Waals surface area (Å²) in [5.41, 5.74) is 0.927. The molecule has 0 aromatic carbocycles. The Morgan fingerprint density at radius 2 is 1.57 bits per heavy atom. The number of aliphatic hydroxyl groups excluding tert-OH is 2. The van der Waals surface area contributed by atoms with Crippen molar-refractivity contribution in [2.75, 3.05) is 7.11 Å². The number of rotatable bonds is 2. The molecular formula is C31H50O4. The van der Waals surface area contributed by atoms with Gasteiger partial charge in [0.15, 0.2) is 0 Å². The van der Waals surface area contributed by atoms with Crippen molar-refractivity contribution in [1.29, 1.82) is 0 Å². The van der Waals surface area contributed by atoms with E-state index >= 15 is 0 Å². The fourth-order valence-electron chi connectivity index (χ4n) is 11.8. The van der Waals surface area contributed by atoms with Crippen LogP contribution < -0.4 is 0 Å². The molecule has 0 saturated heterocycles. The zero-order valence-corrected chi connectivity index (χ0v) is 23.3. The summed E-state index contributed by atoms with van der Waals surface area (Å²) in [6.07, 6.45) is 7.98. The van der Waals surface area contributed by atoms with Crippen molar-refractivity contribution in [2.24, 2.45) is 56.7 Å². The zero-order valence-electron chi connectivity index (χ0n) is 23.3. The summed E-state index contributed by atoms with van der Waals surface area (Å²) in [5, 5.41) is 22.0. The Hall–Kier alpha value is -0.870. The smallest absolute Gasteiger partial charge is 0.312 e. The number of allylic oxidation sites excluding steroid dienone is 1. The fraction of sp³-hybridized carbons (Fsp3) is 0.903. The lowest BCUT2D eigenvalue weighted by Gasteiger charge is -2.73. The number of esters is 1. The lowest BCUT2D eigenvalue weighted by atomic mass is 9.32. The van der Waals surface area contributed by atoms with Crippen molar-refractivity contribution in [2.45, 2.75) is 112 Å². The van der Waals surface area contributed by atoms with E-state index in [-0.39, 0.29) is 33.0 Å². The summed E-state index contributed by atoms with van der Waals surface area (Å²) >= 11 is 0. The Balaban J connectivity index is 1.57. The Morgan fingerprint density at radius 1 is 0.886 bits per heavy atom. The number of methoxy groups -OCH3 is 1. The van der Waals surface area contributed by atoms with Crippen LogP contribution in [0.15, 0.2) is 12.2 Å². The van der Waals surface area contributed by atoms with Gasteiger partial charge in [0.1, 0.15) is 0 Å². The maximum atomic E-state index is 13.4. The van der Waals surface area contributed by atoms with Gasteiger partial charge >= 0.3 is 5.97 Å². The van der Waals surface area contributed by atoms with E-state index in [9.17, 15) is 15.0 Å². The topological polar surface area (TPSA) is 66.8 Å². The van der Waals surface area contributed by atoms with Crippen molar-refractivity contribution in [3.63, 3.8) is 0 Å². The molecule has 5 saturated carbocycles. The molecule has 11 atom stereocenters. The highest BCUT2D eigenvalue weighted by Gasteiger charge is 2.72. The van der Waals surface area contributed by atoms with Gasteiger partial charge in [0.2, 0.25) is 0 Å². The summed E-state index contributed by atoms with van der Waals surface area (Å²) in [6.45, 7) is 18.5. The fourth-order valence-corrected chi connectivity index (χ4v) is 11.8. The van der Waals surface area contributed by atoms with Crippen LogP contribution in [0.4, 0.5) is 0 Å². The van der Waals surface area contributed by atoms with Gasteiger partial charge in [-0.3, -0.25) is 4.79 Å². The lowest BCUT2D eigenvalue weighted by Crippen LogP contribution is -2.68. The average molecular weight is 487 g/mol. The predicted molar refractivity (Wildman–Crippen MR) is 138 cm³/mol. The van der Waals surface area contributed by atoms with Crippen LogP contribution in [0.3, 0.4) is 0 Å². The lowest BCUT2D eigenvalue weighted by molar-refractivity contribution is -0.263. The summed E-state index contributed by atoms with van der Waals surface area (Å²) < 4.78 is 5.48. The molecule has 5 aliphatic carbocycles. The normalized spacial score (nSPS) is 54.6. The van der Waals surface area contributed by atoms with E-state index < -0.39 is 12.2 Å². The predicted octanol–water partition coefficient (Wildman–Crippen LogP) is 6.15. The number of hydrogen-bond donors (Lipinski definition) is 2. The molecule has 5 rings (SSSR count). The van der Waals surface area contributed by atoms with Crippen LogP contribution in [-0.2, 0) is 9.53 Å². The molecule has 4 nitrogen and oxygen atoms in total. The zero-order chi connectivity index (χ0) is 25.8. The van der Waals surface area contributed by atoms with Crippen molar-refractivity contribution in [3.05, 3.63) is 12.2 Å². The first-order chi connectivity index (χ1) is 16.2. The molecule has 198 valence electrons. The Kier molecular flexibility index (Phi) is 5.76. The summed E-state index contributed by atoms with van der Waals surface area (Å²) in [6, 6.07) is 0. The molecule has 2 N–H and O–H groups in total. The Bertz CT molecular complexity index is 910. The van der Waals surface area contributed by atoms with E-state index in [1.165, 1.54) is 12.0 Å². The molecule has 0 aliphatic heterocycles. The summed E-state index contributed by atoms with van der Waals surface area (Å²) in [4.78, 5) is 13.4. The second kappa shape index (κ2) is 7.82. The molecule has 5 aliphatic rings. The van der Waals surface area contributed by atoms with E-state index in [1.54, 1.807) is 7.11 Å². The number of aliphatic hydroxyl groups is 2. The number of hydrogen-bond acceptors (Lipinski definition) is 4. The first-order valence-electron chi connectivity index (χ1n) is 14.3. The maximum absolute atomic E-state index is 13.4. The van der Waals surface area contributed by atoms with E-state index in [0.717, 1.165) is 44.9 Å². The van der Waals surface area contributed by atoms with Gasteiger partial charge in [0, 0.05) is 0 Å². The second-order valence-electron chi connectivity index (χ2n) is 14.9. The van der Waals surface area contributed by atoms with Gasteiger partial charge in [-0.2, -0.15) is 0 Å². The minimum absolute atomic E-state index is 0.0161. The average Bonchev–Trinajstić information content (AvgIpc) is 3.18. The number of ether oxygens (including phenoxy) is 1. The summed E-state index contributed by atoms with van der Waals surface area (Å²) in [7, 11) is 1.57. The van der Waals surface area contributed by atoms with Gasteiger partial charge in [-0.25, -0.2) is 0 Å². The van der Waals surface area contributed by atoms with Crippen molar-refractivity contribution in [3.8, 4) is 0 Å². The molecule has 0 spiro atoms. The minimum atomic E-state index is -0.653. The van der Waals surface area contributed by atoms with E-state index in [2.05, 4.69) is 48.1 Å². The highest BCUT2D eigenvalue weighted by atomic mass is 16.5. The van der Waals surface area contributed by atoms with Gasteiger partial charge in [-0.1, -0.05) is 46.8 Å². The Morgan fingerprint density at radius 3 is 2.20 bits per heavy atom. The van der Waals surface area contributed by atoms with Crippen LogP contribution in [0.25, 0.3) is 0 Å². The van der Waals surface area contributed by atoms with Gasteiger partial charge in [-0.15, -0.1) is 0 Å². The largest absolute Gasteiger partial charge is 0.469 e. The third kappa shape index (κ3) is 3.02. The minimum Gasteiger partial charge on any atom is -0.469 e. The van der Waals surface area contributed by atoms with Crippen LogP contribution in [0.5, 0.6) is 0 Å². The highest BCUT2D eigenvalue weighted by molar-refractivity contribution is 5.78. The van der Waals surface area contributed by atoms with Crippen molar-refractivity contribution >= 4 is 5.97 Å². The first-order valence-corrected chi connectivity index (χ1v) is 14.3. The van der Waals surface area contributed by atoms with E-state index in [1.807, 2.05) is 0 Å². The van der Waals surface area contributed by atoms with Gasteiger partial charge in [-0.05, 0) is 116 Å². The third-order valence-electron chi connectivity index (χ3n) is 13.6. The van der Waals surface area contributed by atoms with Crippen LogP contribution in [0.1, 0.15) is 99.3 Å². The second-order valence-corrected chi connectivity index (χ2v) is 14.9. The van der Waals surface area contributed by atoms with E-state index in [0.29, 0.717) is 36.0 Å². The molecule has 4 heteroatoms. The molecular weight excluding hydrogens is 436 g/mol. The Labute approximate surface area is 213 Å². The molecule has 0 aromatic rings. The van der Waals surface area contributed by atoms with Crippen molar-refractivity contribution < 1.29 is 19.7 Å². The molecule has 0 bridgehead atoms. The summed E-state index contributed by atoms with van der Waals surface area (Å²) in [5.74, 6) is 2.17. The van der Waals surface area contributed by atoms with Crippen LogP contribution in [0, 0.1) is 56.7 Å². The molecule has 0 unspecified atom stereocenters. The monoisotopic (exact) mass is 486 g/mol. The van der Waals surface area contributed by atoms with Gasteiger partial charge in [0.05, 0.1) is 24.7 Å². The standard InChI is InChI=1S/C31H50O4/c1-18(2)19-11-14-31(26(34)35-8)16-15-29(6)20(24(19)31)9-10-23-28(5)17-21(32)25(33)27(3,4)22(28)12-13-30(23,29)7/h19-25,32-33H,1,9-17H2,2-8H3/t19-,20+,21+,22-,23+,24+,25+,28-,29+,30+,31-/m0/s1. The molecule has 35 heavy (non-hydrogen) atoms. The van der Waals surface area contributed by atoms with Crippen LogP contribution in [-0.4, -0.2) is 35.5 Å². The maximum Gasteiger partial charge on any atom is 0.312 e. The molecule has 0 heterocycles. The SMILES string of the molecule is C=C(C)[C@@H]1CC[C@]2(C(=O)OC)CC[C@]3(C)[C@H](CC[C@@H]4[C@@]5(C)C[C@@H](O)[C@@H](O)C(C)(C)[C@@H]5CC[C@]43C)[C@@H]12. The van der Waals surface area contributed by atoms with E-state index in [4.69, 9.17) is 4.74 Å². The van der Waals surface area contributed by atoms with Crippen LogP contribution in [0.2, 0.25) is 0 Å². The third-order valence-corrected chi connectivity index (χ3v) is 13.6. The molecule has 0 radical (unpaired) electrons. The number of fused-ring (bicyclic) bond motifs is 7. The van der Waals surface area contributed by atoms with Gasteiger partial charge in [0.25, 0.3) is 0 Å². The van der Waals surface area contributed by atoms with Gasteiger partial charge < -0.3 is 14.9 Å². The van der Waals surface area contributed by atoms with Crippen molar-refractivity contribution in [1.82, 2.24) is 0 Å². The molecule has 0 aromatic heterocycles.